The number of carbonyl (C=O) groups excluding carboxylic acids is 2. The summed E-state index contributed by atoms with van der Waals surface area (Å²) < 4.78 is 10.7. The van der Waals surface area contributed by atoms with Crippen LogP contribution in [0.3, 0.4) is 0 Å². The van der Waals surface area contributed by atoms with Crippen molar-refractivity contribution in [3.05, 3.63) is 29.8 Å². The molecule has 1 saturated heterocycles. The van der Waals surface area contributed by atoms with E-state index in [9.17, 15) is 9.59 Å². The minimum absolute atomic E-state index is 0.106. The number of rotatable bonds is 4. The number of hydrogen-bond donors (Lipinski definition) is 0. The zero-order chi connectivity index (χ0) is 18.4. The van der Waals surface area contributed by atoms with Gasteiger partial charge in [-0.05, 0) is 38.8 Å². The molecule has 1 aliphatic heterocycles. The quantitative estimate of drug-likeness (QED) is 0.839. The summed E-state index contributed by atoms with van der Waals surface area (Å²) in [6.45, 7) is 7.66. The summed E-state index contributed by atoms with van der Waals surface area (Å²) in [4.78, 5) is 28.0. The topological polar surface area (TPSA) is 59.1 Å². The molecule has 0 unspecified atom stereocenters. The van der Waals surface area contributed by atoms with E-state index in [2.05, 4.69) is 0 Å². The van der Waals surface area contributed by atoms with Gasteiger partial charge in [0.15, 0.2) is 0 Å². The predicted octanol–water partition coefficient (Wildman–Crippen LogP) is 2.71. The van der Waals surface area contributed by atoms with Crippen LogP contribution in [0.5, 0.6) is 5.75 Å². The van der Waals surface area contributed by atoms with Crippen molar-refractivity contribution >= 4 is 12.0 Å². The highest BCUT2D eigenvalue weighted by Gasteiger charge is 2.27. The highest BCUT2D eigenvalue weighted by molar-refractivity contribution is 5.77. The van der Waals surface area contributed by atoms with Gasteiger partial charge in [0.1, 0.15) is 11.4 Å². The van der Waals surface area contributed by atoms with Gasteiger partial charge in [-0.15, -0.1) is 0 Å². The van der Waals surface area contributed by atoms with Crippen LogP contribution in [0.4, 0.5) is 4.79 Å². The molecule has 1 aliphatic rings. The van der Waals surface area contributed by atoms with E-state index >= 15 is 0 Å². The molecule has 6 heteroatoms. The maximum absolute atomic E-state index is 12.4. The molecule has 0 spiro atoms. The number of ether oxygens (including phenoxy) is 2. The molecule has 6 nitrogen and oxygen atoms in total. The molecule has 1 heterocycles. The van der Waals surface area contributed by atoms with Crippen molar-refractivity contribution in [2.45, 2.75) is 39.2 Å². The van der Waals surface area contributed by atoms with Crippen molar-refractivity contribution in [3.63, 3.8) is 0 Å². The van der Waals surface area contributed by atoms with Gasteiger partial charge in [0, 0.05) is 32.6 Å². The molecule has 1 aromatic carbocycles. The van der Waals surface area contributed by atoms with Gasteiger partial charge in [0.25, 0.3) is 0 Å². The highest BCUT2D eigenvalue weighted by atomic mass is 16.6. The molecule has 0 saturated carbocycles. The monoisotopic (exact) mass is 348 g/mol. The predicted molar refractivity (Wildman–Crippen MR) is 95.7 cm³/mol. The van der Waals surface area contributed by atoms with E-state index < -0.39 is 5.60 Å². The minimum Gasteiger partial charge on any atom is -0.496 e. The largest absolute Gasteiger partial charge is 0.496 e. The van der Waals surface area contributed by atoms with Gasteiger partial charge in [-0.25, -0.2) is 4.79 Å². The number of methoxy groups -OCH3 is 1. The third kappa shape index (κ3) is 5.66. The van der Waals surface area contributed by atoms with Gasteiger partial charge in [-0.1, -0.05) is 18.2 Å². The first kappa shape index (κ1) is 19.1. The Balaban J connectivity index is 1.80. The fraction of sp³-hybridized carbons (Fsp3) is 0.579. The summed E-state index contributed by atoms with van der Waals surface area (Å²) in [6, 6.07) is 7.74. The van der Waals surface area contributed by atoms with Crippen LogP contribution in [0.25, 0.3) is 0 Å². The molecule has 0 bridgehead atoms. The Morgan fingerprint density at radius 1 is 1.04 bits per heavy atom. The first-order valence-corrected chi connectivity index (χ1v) is 8.68. The molecule has 25 heavy (non-hydrogen) atoms. The zero-order valence-electron chi connectivity index (χ0n) is 15.6. The van der Waals surface area contributed by atoms with E-state index in [1.165, 1.54) is 0 Å². The summed E-state index contributed by atoms with van der Waals surface area (Å²) in [5, 5.41) is 0. The summed E-state index contributed by atoms with van der Waals surface area (Å²) >= 11 is 0. The van der Waals surface area contributed by atoms with E-state index in [4.69, 9.17) is 9.47 Å². The molecule has 2 rings (SSSR count). The lowest BCUT2D eigenvalue weighted by Gasteiger charge is -2.35. The van der Waals surface area contributed by atoms with Crippen molar-refractivity contribution in [2.75, 3.05) is 33.3 Å². The van der Waals surface area contributed by atoms with Crippen LogP contribution in [0.15, 0.2) is 24.3 Å². The van der Waals surface area contributed by atoms with Crippen LogP contribution < -0.4 is 4.74 Å². The van der Waals surface area contributed by atoms with Crippen molar-refractivity contribution in [1.29, 1.82) is 0 Å². The number of nitrogens with zero attached hydrogens (tertiary/aromatic N) is 2. The summed E-state index contributed by atoms with van der Waals surface area (Å²) in [7, 11) is 1.64. The second-order valence-corrected chi connectivity index (χ2v) is 7.16. The average molecular weight is 348 g/mol. The van der Waals surface area contributed by atoms with Crippen LogP contribution in [-0.4, -0.2) is 60.7 Å². The Morgan fingerprint density at radius 3 is 2.24 bits per heavy atom. The zero-order valence-corrected chi connectivity index (χ0v) is 15.6. The van der Waals surface area contributed by atoms with Crippen molar-refractivity contribution in [2.24, 2.45) is 0 Å². The Labute approximate surface area is 149 Å². The minimum atomic E-state index is -0.501. The van der Waals surface area contributed by atoms with Crippen LogP contribution in [0.2, 0.25) is 0 Å². The lowest BCUT2D eigenvalue weighted by Crippen LogP contribution is -2.51. The maximum Gasteiger partial charge on any atom is 0.410 e. The van der Waals surface area contributed by atoms with Crippen LogP contribution in [0, 0.1) is 0 Å². The van der Waals surface area contributed by atoms with E-state index in [0.29, 0.717) is 39.0 Å². The standard InChI is InChI=1S/C19H28N2O4/c1-19(2,3)25-18(23)21-13-11-20(12-14-21)17(22)10-9-15-7-5-6-8-16(15)24-4/h5-8H,9-14H2,1-4H3. The molecule has 0 aromatic heterocycles. The number of benzene rings is 1. The van der Waals surface area contributed by atoms with Crippen molar-refractivity contribution in [3.8, 4) is 5.75 Å². The van der Waals surface area contributed by atoms with Crippen molar-refractivity contribution < 1.29 is 19.1 Å². The van der Waals surface area contributed by atoms with Gasteiger partial charge >= 0.3 is 6.09 Å². The molecule has 138 valence electrons. The Hall–Kier alpha value is -2.24. The van der Waals surface area contributed by atoms with Gasteiger partial charge in [-0.2, -0.15) is 0 Å². The molecule has 2 amide bonds. The number of piperazine rings is 1. The van der Waals surface area contributed by atoms with E-state index in [1.54, 1.807) is 12.0 Å². The third-order valence-corrected chi connectivity index (χ3v) is 4.08. The lowest BCUT2D eigenvalue weighted by molar-refractivity contribution is -0.132. The first-order chi connectivity index (χ1) is 11.8. The van der Waals surface area contributed by atoms with Gasteiger partial charge in [-0.3, -0.25) is 4.79 Å². The van der Waals surface area contributed by atoms with Crippen molar-refractivity contribution in [1.82, 2.24) is 9.80 Å². The van der Waals surface area contributed by atoms with Crippen LogP contribution in [-0.2, 0) is 16.0 Å². The molecule has 0 atom stereocenters. The lowest BCUT2D eigenvalue weighted by atomic mass is 10.1. The second-order valence-electron chi connectivity index (χ2n) is 7.16. The number of aryl methyl sites for hydroxylation is 1. The fourth-order valence-corrected chi connectivity index (χ4v) is 2.77. The normalized spacial score (nSPS) is 15.0. The molecule has 0 aliphatic carbocycles. The van der Waals surface area contributed by atoms with Gasteiger partial charge < -0.3 is 19.3 Å². The van der Waals surface area contributed by atoms with E-state index in [1.807, 2.05) is 49.9 Å². The molecule has 0 radical (unpaired) electrons. The number of amides is 2. The molecular formula is C19H28N2O4. The molecule has 0 N–H and O–H groups in total. The van der Waals surface area contributed by atoms with Gasteiger partial charge in [0.2, 0.25) is 5.91 Å². The Kier molecular flexibility index (Phi) is 6.28. The first-order valence-electron chi connectivity index (χ1n) is 8.68. The molecular weight excluding hydrogens is 320 g/mol. The molecule has 1 fully saturated rings. The van der Waals surface area contributed by atoms with E-state index in [-0.39, 0.29) is 12.0 Å². The summed E-state index contributed by atoms with van der Waals surface area (Å²) in [6.07, 6.45) is 0.774. The van der Waals surface area contributed by atoms with Crippen LogP contribution >= 0.6 is 0 Å². The Morgan fingerprint density at radius 2 is 1.64 bits per heavy atom. The number of hydrogen-bond acceptors (Lipinski definition) is 4. The molecule has 1 aromatic rings. The number of para-hydroxylation sites is 1. The SMILES string of the molecule is COc1ccccc1CCC(=O)N1CCN(C(=O)OC(C)(C)C)CC1. The van der Waals surface area contributed by atoms with Crippen LogP contribution in [0.1, 0.15) is 32.8 Å². The fourth-order valence-electron chi connectivity index (χ4n) is 2.77. The smallest absolute Gasteiger partial charge is 0.410 e. The average Bonchev–Trinajstić information content (AvgIpc) is 2.58. The second kappa shape index (κ2) is 8.23. The third-order valence-electron chi connectivity index (χ3n) is 4.08. The highest BCUT2D eigenvalue weighted by Crippen LogP contribution is 2.19. The van der Waals surface area contributed by atoms with Gasteiger partial charge in [0.05, 0.1) is 7.11 Å². The summed E-state index contributed by atoms with van der Waals surface area (Å²) in [5.41, 5.74) is 0.532. The summed E-state index contributed by atoms with van der Waals surface area (Å²) in [5.74, 6) is 0.916. The Bertz CT molecular complexity index is 602. The van der Waals surface area contributed by atoms with E-state index in [0.717, 1.165) is 11.3 Å². The number of carbonyl (C=O) groups is 2. The maximum atomic E-state index is 12.4.